The molecule has 3 nitrogen and oxygen atoms in total. The van der Waals surface area contributed by atoms with Crippen molar-refractivity contribution in [2.45, 2.75) is 12.5 Å². The average Bonchev–Trinajstić information content (AvgIpc) is 2.52. The van der Waals surface area contributed by atoms with Gasteiger partial charge in [0.05, 0.1) is 0 Å². The Morgan fingerprint density at radius 3 is 2.67 bits per heavy atom. The van der Waals surface area contributed by atoms with E-state index in [1.807, 2.05) is 0 Å². The summed E-state index contributed by atoms with van der Waals surface area (Å²) in [6.07, 6.45) is 0. The molecule has 0 aliphatic carbocycles. The van der Waals surface area contributed by atoms with E-state index in [0.717, 1.165) is 12.1 Å². The smallest absolute Gasteiger partial charge is 0.283 e. The Hall–Kier alpha value is -1.65. The highest BCUT2D eigenvalue weighted by Gasteiger charge is 2.33. The first kappa shape index (κ1) is 9.89. The number of rotatable bonds is 1. The summed E-state index contributed by atoms with van der Waals surface area (Å²) < 4.78 is 30.7. The molecule has 0 saturated carbocycles. The van der Waals surface area contributed by atoms with E-state index in [9.17, 15) is 8.78 Å². The fraction of sp³-hybridized carbons (Fsp3) is 0.300. The quantitative estimate of drug-likeness (QED) is 0.767. The van der Waals surface area contributed by atoms with Crippen LogP contribution in [0, 0.1) is 11.6 Å². The molecule has 2 N–H and O–H groups in total. The van der Waals surface area contributed by atoms with Crippen LogP contribution < -0.4 is 5.73 Å². The van der Waals surface area contributed by atoms with Crippen LogP contribution in [0.5, 0.6) is 0 Å². The molecule has 80 valence electrons. The molecule has 0 radical (unpaired) electrons. The third-order valence-corrected chi connectivity index (χ3v) is 2.40. The van der Waals surface area contributed by atoms with Crippen molar-refractivity contribution in [1.29, 1.82) is 0 Å². The average molecular weight is 212 g/mol. The first-order valence-corrected chi connectivity index (χ1v) is 4.45. The molecular weight excluding hydrogens is 202 g/mol. The van der Waals surface area contributed by atoms with Crippen molar-refractivity contribution in [3.63, 3.8) is 0 Å². The topological polar surface area (TPSA) is 47.6 Å². The minimum Gasteiger partial charge on any atom is -0.462 e. The van der Waals surface area contributed by atoms with E-state index in [1.165, 1.54) is 6.07 Å². The number of hydrogen-bond acceptors (Lipinski definition) is 3. The lowest BCUT2D eigenvalue weighted by atomic mass is 9.94. The normalized spacial score (nSPS) is 24.9. The van der Waals surface area contributed by atoms with Crippen molar-refractivity contribution in [3.05, 3.63) is 35.4 Å². The van der Waals surface area contributed by atoms with E-state index in [4.69, 9.17) is 10.5 Å². The molecule has 0 amide bonds. The third-order valence-electron chi connectivity index (χ3n) is 2.40. The van der Waals surface area contributed by atoms with Crippen LogP contribution in [0.1, 0.15) is 12.5 Å². The van der Waals surface area contributed by atoms with E-state index in [2.05, 4.69) is 4.99 Å². The molecule has 0 spiro atoms. The highest BCUT2D eigenvalue weighted by molar-refractivity contribution is 5.74. The fourth-order valence-electron chi connectivity index (χ4n) is 1.50. The van der Waals surface area contributed by atoms with Crippen molar-refractivity contribution in [2.24, 2.45) is 10.7 Å². The van der Waals surface area contributed by atoms with Crippen LogP contribution in [-0.4, -0.2) is 12.6 Å². The highest BCUT2D eigenvalue weighted by atomic mass is 19.2. The molecule has 0 fully saturated rings. The molecule has 1 atom stereocenters. The Balaban J connectivity index is 2.42. The zero-order valence-electron chi connectivity index (χ0n) is 8.13. The third kappa shape index (κ3) is 1.65. The monoisotopic (exact) mass is 212 g/mol. The van der Waals surface area contributed by atoms with Crippen LogP contribution in [-0.2, 0) is 10.3 Å². The Labute approximate surface area is 85.6 Å². The van der Waals surface area contributed by atoms with Gasteiger partial charge < -0.3 is 10.5 Å². The summed E-state index contributed by atoms with van der Waals surface area (Å²) in [7, 11) is 0. The van der Waals surface area contributed by atoms with Crippen LogP contribution in [0.4, 0.5) is 8.78 Å². The maximum Gasteiger partial charge on any atom is 0.283 e. The van der Waals surface area contributed by atoms with Crippen molar-refractivity contribution >= 4 is 6.02 Å². The van der Waals surface area contributed by atoms with Gasteiger partial charge in [0.15, 0.2) is 11.6 Å². The number of amidine groups is 1. The summed E-state index contributed by atoms with van der Waals surface area (Å²) in [5, 5.41) is 0. The number of ether oxygens (including phenoxy) is 1. The van der Waals surface area contributed by atoms with E-state index in [-0.39, 0.29) is 12.6 Å². The predicted molar refractivity (Wildman–Crippen MR) is 51.3 cm³/mol. The maximum atomic E-state index is 13.0. The van der Waals surface area contributed by atoms with Crippen LogP contribution in [0.15, 0.2) is 23.2 Å². The lowest BCUT2D eigenvalue weighted by Crippen LogP contribution is -2.21. The van der Waals surface area contributed by atoms with E-state index >= 15 is 0 Å². The summed E-state index contributed by atoms with van der Waals surface area (Å²) in [6.45, 7) is 1.99. The molecule has 0 bridgehead atoms. The van der Waals surface area contributed by atoms with Gasteiger partial charge in [-0.15, -0.1) is 0 Å². The van der Waals surface area contributed by atoms with E-state index in [1.54, 1.807) is 6.92 Å². The van der Waals surface area contributed by atoms with Gasteiger partial charge >= 0.3 is 0 Å². The number of nitrogens with zero attached hydrogens (tertiary/aromatic N) is 1. The number of hydrogen-bond donors (Lipinski definition) is 1. The molecule has 1 heterocycles. The Bertz CT molecular complexity index is 433. The second-order valence-electron chi connectivity index (χ2n) is 3.64. The van der Waals surface area contributed by atoms with Gasteiger partial charge in [-0.2, -0.15) is 0 Å². The second-order valence-corrected chi connectivity index (χ2v) is 3.64. The van der Waals surface area contributed by atoms with E-state index in [0.29, 0.717) is 5.56 Å². The molecule has 0 saturated heterocycles. The molecule has 1 aromatic rings. The maximum absolute atomic E-state index is 13.0. The summed E-state index contributed by atoms with van der Waals surface area (Å²) in [5.74, 6) is -1.77. The molecule has 1 aliphatic heterocycles. The van der Waals surface area contributed by atoms with E-state index < -0.39 is 17.2 Å². The number of halogens is 2. The fourth-order valence-corrected chi connectivity index (χ4v) is 1.50. The molecule has 1 aliphatic rings. The van der Waals surface area contributed by atoms with Crippen molar-refractivity contribution in [2.75, 3.05) is 6.61 Å². The largest absolute Gasteiger partial charge is 0.462 e. The lowest BCUT2D eigenvalue weighted by Gasteiger charge is -2.18. The van der Waals surface area contributed by atoms with Crippen LogP contribution in [0.2, 0.25) is 0 Å². The van der Waals surface area contributed by atoms with Gasteiger partial charge in [-0.05, 0) is 24.6 Å². The standard InChI is InChI=1S/C10H10F2N2O/c1-10(5-15-9(13)14-10)6-2-3-7(11)8(12)4-6/h2-4H,5H2,1H3,(H2,13,14)/t10-/m1/s1. The number of benzene rings is 1. The van der Waals surface area contributed by atoms with Gasteiger partial charge in [0.2, 0.25) is 0 Å². The number of aliphatic imine (C=N–C) groups is 1. The molecular formula is C10H10F2N2O. The van der Waals surface area contributed by atoms with Gasteiger partial charge in [-0.3, -0.25) is 0 Å². The van der Waals surface area contributed by atoms with Gasteiger partial charge in [0.25, 0.3) is 6.02 Å². The summed E-state index contributed by atoms with van der Waals surface area (Å²) in [5.41, 5.74) is 5.20. The first-order valence-electron chi connectivity index (χ1n) is 4.45. The molecule has 1 aromatic carbocycles. The van der Waals surface area contributed by atoms with Gasteiger partial charge in [0, 0.05) is 0 Å². The van der Waals surface area contributed by atoms with Gasteiger partial charge in [-0.25, -0.2) is 13.8 Å². The molecule has 0 unspecified atom stereocenters. The van der Waals surface area contributed by atoms with Gasteiger partial charge in [0.1, 0.15) is 12.1 Å². The lowest BCUT2D eigenvalue weighted by molar-refractivity contribution is 0.266. The predicted octanol–water partition coefficient (Wildman–Crippen LogP) is 1.52. The molecule has 5 heteroatoms. The minimum absolute atomic E-state index is 0.0715. The zero-order chi connectivity index (χ0) is 11.1. The van der Waals surface area contributed by atoms with Crippen molar-refractivity contribution in [1.82, 2.24) is 0 Å². The highest BCUT2D eigenvalue weighted by Crippen LogP contribution is 2.30. The Kier molecular flexibility index (Phi) is 2.10. The van der Waals surface area contributed by atoms with Crippen molar-refractivity contribution in [3.8, 4) is 0 Å². The van der Waals surface area contributed by atoms with Crippen molar-refractivity contribution < 1.29 is 13.5 Å². The molecule has 0 aromatic heterocycles. The summed E-state index contributed by atoms with van der Waals surface area (Å²) in [4.78, 5) is 4.04. The molecule has 2 rings (SSSR count). The molecule has 15 heavy (non-hydrogen) atoms. The first-order chi connectivity index (χ1) is 7.01. The van der Waals surface area contributed by atoms with Crippen LogP contribution in [0.3, 0.4) is 0 Å². The summed E-state index contributed by atoms with van der Waals surface area (Å²) in [6, 6.07) is 3.73. The van der Waals surface area contributed by atoms with Crippen LogP contribution >= 0.6 is 0 Å². The Morgan fingerprint density at radius 2 is 2.13 bits per heavy atom. The number of nitrogens with two attached hydrogens (primary N) is 1. The summed E-state index contributed by atoms with van der Waals surface area (Å²) >= 11 is 0. The Morgan fingerprint density at radius 1 is 1.40 bits per heavy atom. The van der Waals surface area contributed by atoms with Crippen LogP contribution in [0.25, 0.3) is 0 Å². The van der Waals surface area contributed by atoms with Gasteiger partial charge in [-0.1, -0.05) is 6.07 Å². The minimum atomic E-state index is -0.894. The zero-order valence-corrected chi connectivity index (χ0v) is 8.13. The SMILES string of the molecule is C[C@]1(c2ccc(F)c(F)c2)COC(N)=N1. The second kappa shape index (κ2) is 3.18.